The van der Waals surface area contributed by atoms with E-state index < -0.39 is 0 Å². The number of benzene rings is 3. The summed E-state index contributed by atoms with van der Waals surface area (Å²) in [7, 11) is 0. The van der Waals surface area contributed by atoms with E-state index >= 15 is 0 Å². The highest BCUT2D eigenvalue weighted by Gasteiger charge is 2.20. The Hall–Kier alpha value is -3.96. The predicted octanol–water partition coefficient (Wildman–Crippen LogP) is 6.52. The summed E-state index contributed by atoms with van der Waals surface area (Å²) >= 11 is 6.00. The van der Waals surface area contributed by atoms with Crippen LogP contribution in [0, 0.1) is 0 Å². The zero-order valence-corrected chi connectivity index (χ0v) is 17.0. The van der Waals surface area contributed by atoms with Crippen LogP contribution >= 0.6 is 11.6 Å². The van der Waals surface area contributed by atoms with Gasteiger partial charge in [0.1, 0.15) is 5.65 Å². The molecule has 0 saturated carbocycles. The number of imidazole rings is 1. The van der Waals surface area contributed by atoms with E-state index in [1.165, 1.54) is 0 Å². The highest BCUT2D eigenvalue weighted by Crippen LogP contribution is 2.37. The fraction of sp³-hybridized carbons (Fsp3) is 0. The molecule has 0 aliphatic rings. The number of fused-ring (bicyclic) bond motifs is 3. The van der Waals surface area contributed by atoms with Gasteiger partial charge in [0.05, 0.1) is 16.6 Å². The van der Waals surface area contributed by atoms with Crippen molar-refractivity contribution in [2.24, 2.45) is 0 Å². The predicted molar refractivity (Wildman–Crippen MR) is 122 cm³/mol. The van der Waals surface area contributed by atoms with Gasteiger partial charge in [-0.2, -0.15) is 0 Å². The molecule has 0 bridgehead atoms. The standard InChI is InChI=1S/C25H15ClN4O/c26-18-12-10-17(11-13-18)24-28-29-25(31-24)19-14-15-30-21-9-5-4-8-20(21)27-23(30)22(19)16-6-2-1-3-7-16/h1-15H. The monoisotopic (exact) mass is 422 g/mol. The Labute approximate surface area is 182 Å². The van der Waals surface area contributed by atoms with Gasteiger partial charge in [-0.3, -0.25) is 4.40 Å². The lowest BCUT2D eigenvalue weighted by atomic mass is 10.0. The summed E-state index contributed by atoms with van der Waals surface area (Å²) in [6, 6.07) is 27.6. The molecule has 6 heteroatoms. The van der Waals surface area contributed by atoms with Crippen LogP contribution < -0.4 is 0 Å². The highest BCUT2D eigenvalue weighted by molar-refractivity contribution is 6.30. The Morgan fingerprint density at radius 2 is 1.45 bits per heavy atom. The van der Waals surface area contributed by atoms with E-state index in [-0.39, 0.29) is 0 Å². The van der Waals surface area contributed by atoms with Gasteiger partial charge in [-0.05, 0) is 48.0 Å². The molecule has 31 heavy (non-hydrogen) atoms. The molecule has 148 valence electrons. The first kappa shape index (κ1) is 17.9. The molecule has 6 rings (SSSR count). The van der Waals surface area contributed by atoms with Crippen LogP contribution in [0.2, 0.25) is 5.02 Å². The van der Waals surface area contributed by atoms with Gasteiger partial charge >= 0.3 is 0 Å². The van der Waals surface area contributed by atoms with Crippen LogP contribution in [0.15, 0.2) is 95.5 Å². The number of halogens is 1. The summed E-state index contributed by atoms with van der Waals surface area (Å²) < 4.78 is 8.17. The van der Waals surface area contributed by atoms with Gasteiger partial charge < -0.3 is 4.42 Å². The van der Waals surface area contributed by atoms with Gasteiger partial charge in [0.25, 0.3) is 0 Å². The smallest absolute Gasteiger partial charge is 0.248 e. The molecule has 3 aromatic heterocycles. The largest absolute Gasteiger partial charge is 0.416 e. The third-order valence-corrected chi connectivity index (χ3v) is 5.54. The molecule has 0 fully saturated rings. The second-order valence-electron chi connectivity index (χ2n) is 7.18. The minimum Gasteiger partial charge on any atom is -0.416 e. The van der Waals surface area contributed by atoms with Gasteiger partial charge in [-0.15, -0.1) is 10.2 Å². The number of pyridine rings is 1. The molecule has 0 saturated heterocycles. The lowest BCUT2D eigenvalue weighted by Crippen LogP contribution is -1.93. The van der Waals surface area contributed by atoms with E-state index in [4.69, 9.17) is 21.0 Å². The summed E-state index contributed by atoms with van der Waals surface area (Å²) in [5.41, 5.74) is 6.46. The topological polar surface area (TPSA) is 56.2 Å². The van der Waals surface area contributed by atoms with E-state index in [1.807, 2.05) is 60.8 Å². The lowest BCUT2D eigenvalue weighted by Gasteiger charge is -2.09. The molecule has 0 aliphatic carbocycles. The molecule has 0 aliphatic heterocycles. The Morgan fingerprint density at radius 3 is 2.29 bits per heavy atom. The van der Waals surface area contributed by atoms with E-state index in [1.54, 1.807) is 12.1 Å². The number of hydrogen-bond acceptors (Lipinski definition) is 4. The van der Waals surface area contributed by atoms with Crippen molar-refractivity contribution in [1.82, 2.24) is 19.6 Å². The first-order valence-corrected chi connectivity index (χ1v) is 10.2. The summed E-state index contributed by atoms with van der Waals surface area (Å²) in [5.74, 6) is 0.886. The van der Waals surface area contributed by atoms with Crippen molar-refractivity contribution >= 4 is 28.3 Å². The molecular weight excluding hydrogens is 408 g/mol. The van der Waals surface area contributed by atoms with Gasteiger partial charge in [0.2, 0.25) is 11.8 Å². The number of hydrogen-bond donors (Lipinski definition) is 0. The number of nitrogens with zero attached hydrogens (tertiary/aromatic N) is 4. The van der Waals surface area contributed by atoms with Crippen molar-refractivity contribution in [2.75, 3.05) is 0 Å². The number of aromatic nitrogens is 4. The first-order valence-electron chi connectivity index (χ1n) is 9.83. The van der Waals surface area contributed by atoms with Crippen molar-refractivity contribution in [3.8, 4) is 34.0 Å². The van der Waals surface area contributed by atoms with Crippen LogP contribution in [0.5, 0.6) is 0 Å². The van der Waals surface area contributed by atoms with Crippen molar-refractivity contribution in [3.05, 3.63) is 96.1 Å². The normalized spacial score (nSPS) is 11.4. The van der Waals surface area contributed by atoms with Crippen LogP contribution in [-0.4, -0.2) is 19.6 Å². The zero-order chi connectivity index (χ0) is 20.8. The summed E-state index contributed by atoms with van der Waals surface area (Å²) in [4.78, 5) is 4.91. The quantitative estimate of drug-likeness (QED) is 0.325. The molecule has 3 heterocycles. The van der Waals surface area contributed by atoms with Crippen molar-refractivity contribution < 1.29 is 4.42 Å². The van der Waals surface area contributed by atoms with Crippen molar-refractivity contribution in [1.29, 1.82) is 0 Å². The minimum absolute atomic E-state index is 0.443. The average Bonchev–Trinajstić information content (AvgIpc) is 3.45. The molecule has 0 atom stereocenters. The van der Waals surface area contributed by atoms with Gasteiger partial charge in [0, 0.05) is 22.3 Å². The summed E-state index contributed by atoms with van der Waals surface area (Å²) in [5, 5.41) is 9.27. The minimum atomic E-state index is 0.443. The van der Waals surface area contributed by atoms with Crippen LogP contribution in [0.4, 0.5) is 0 Å². The molecule has 0 unspecified atom stereocenters. The SMILES string of the molecule is Clc1ccc(-c2nnc(-c3ccn4c(nc5ccccc54)c3-c3ccccc3)o2)cc1. The molecule has 0 radical (unpaired) electrons. The summed E-state index contributed by atoms with van der Waals surface area (Å²) in [6.07, 6.45) is 2.00. The highest BCUT2D eigenvalue weighted by atomic mass is 35.5. The van der Waals surface area contributed by atoms with E-state index in [0.717, 1.165) is 38.9 Å². The molecule has 0 amide bonds. The number of rotatable bonds is 3. The van der Waals surface area contributed by atoms with Gasteiger partial charge in [-0.1, -0.05) is 54.1 Å². The molecule has 6 aromatic rings. The Morgan fingerprint density at radius 1 is 0.710 bits per heavy atom. The maximum Gasteiger partial charge on any atom is 0.248 e. The zero-order valence-electron chi connectivity index (χ0n) is 16.2. The molecular formula is C25H15ClN4O. The molecule has 3 aromatic carbocycles. The van der Waals surface area contributed by atoms with E-state index in [9.17, 15) is 0 Å². The third kappa shape index (κ3) is 2.98. The fourth-order valence-corrected chi connectivity index (χ4v) is 3.96. The van der Waals surface area contributed by atoms with E-state index in [2.05, 4.69) is 32.8 Å². The molecule has 0 N–H and O–H groups in total. The van der Waals surface area contributed by atoms with Gasteiger partial charge in [-0.25, -0.2) is 4.98 Å². The summed E-state index contributed by atoms with van der Waals surface area (Å²) in [6.45, 7) is 0. The second kappa shape index (κ2) is 7.07. The second-order valence-corrected chi connectivity index (χ2v) is 7.62. The van der Waals surface area contributed by atoms with Crippen LogP contribution in [-0.2, 0) is 0 Å². The number of para-hydroxylation sites is 2. The first-order chi connectivity index (χ1) is 15.3. The maximum atomic E-state index is 6.08. The fourth-order valence-electron chi connectivity index (χ4n) is 3.83. The Bertz CT molecular complexity index is 1540. The lowest BCUT2D eigenvalue weighted by molar-refractivity contribution is 0.585. The van der Waals surface area contributed by atoms with E-state index in [0.29, 0.717) is 16.8 Å². The van der Waals surface area contributed by atoms with Crippen molar-refractivity contribution in [2.45, 2.75) is 0 Å². The molecule has 0 spiro atoms. The van der Waals surface area contributed by atoms with Crippen LogP contribution in [0.3, 0.4) is 0 Å². The van der Waals surface area contributed by atoms with Crippen molar-refractivity contribution in [3.63, 3.8) is 0 Å². The van der Waals surface area contributed by atoms with Crippen LogP contribution in [0.25, 0.3) is 50.7 Å². The Kier molecular flexibility index (Phi) is 4.08. The molecule has 5 nitrogen and oxygen atoms in total. The van der Waals surface area contributed by atoms with Crippen LogP contribution in [0.1, 0.15) is 0 Å². The van der Waals surface area contributed by atoms with Gasteiger partial charge in [0.15, 0.2) is 0 Å². The maximum absolute atomic E-state index is 6.08. The third-order valence-electron chi connectivity index (χ3n) is 5.29. The average molecular weight is 423 g/mol. The Balaban J connectivity index is 1.60.